The average Bonchev–Trinajstić information content (AvgIpc) is 3.28. The van der Waals surface area contributed by atoms with Crippen LogP contribution in [0.2, 0.25) is 10.0 Å². The van der Waals surface area contributed by atoms with Crippen LogP contribution in [-0.4, -0.2) is 10.9 Å². The Morgan fingerprint density at radius 3 is 2.69 bits per heavy atom. The predicted molar refractivity (Wildman–Crippen MR) is 105 cm³/mol. The molecule has 2 aromatic heterocycles. The molecule has 0 aliphatic heterocycles. The molecule has 0 unspecified atom stereocenters. The molecule has 0 aliphatic rings. The van der Waals surface area contributed by atoms with Gasteiger partial charge in [-0.3, -0.25) is 9.69 Å². The Bertz CT molecular complexity index is 1040. The van der Waals surface area contributed by atoms with E-state index in [9.17, 15) is 4.79 Å². The molecule has 0 radical (unpaired) electrons. The fourth-order valence-electron chi connectivity index (χ4n) is 2.57. The van der Waals surface area contributed by atoms with E-state index >= 15 is 0 Å². The van der Waals surface area contributed by atoms with Gasteiger partial charge in [0.2, 0.25) is 0 Å². The van der Waals surface area contributed by atoms with Crippen molar-refractivity contribution >= 4 is 55.8 Å². The summed E-state index contributed by atoms with van der Waals surface area (Å²) in [6, 6.07) is 16.2. The summed E-state index contributed by atoms with van der Waals surface area (Å²) in [5.74, 6) is 0.393. The fourth-order valence-corrected chi connectivity index (χ4v) is 4.02. The molecular weight excluding hydrogens is 391 g/mol. The van der Waals surface area contributed by atoms with Gasteiger partial charge in [-0.1, -0.05) is 46.7 Å². The molecular formula is C19H12Cl2N2O2S. The molecule has 4 aromatic rings. The Balaban J connectivity index is 1.78. The Morgan fingerprint density at radius 2 is 1.96 bits per heavy atom. The van der Waals surface area contributed by atoms with E-state index in [1.807, 2.05) is 30.3 Å². The Labute approximate surface area is 163 Å². The smallest absolute Gasteiger partial charge is 0.262 e. The molecule has 0 saturated carbocycles. The minimum atomic E-state index is -0.262. The lowest BCUT2D eigenvalue weighted by Gasteiger charge is -2.19. The predicted octanol–water partition coefficient (Wildman–Crippen LogP) is 6.04. The summed E-state index contributed by atoms with van der Waals surface area (Å²) in [6.45, 7) is 0.255. The van der Waals surface area contributed by atoms with Crippen LogP contribution in [0.4, 0.5) is 5.13 Å². The van der Waals surface area contributed by atoms with Gasteiger partial charge in [0.25, 0.3) is 5.91 Å². The molecule has 2 heterocycles. The number of hydrogen-bond donors (Lipinski definition) is 0. The number of amides is 1. The number of aromatic nitrogens is 1. The van der Waals surface area contributed by atoms with Crippen LogP contribution in [0.3, 0.4) is 0 Å². The van der Waals surface area contributed by atoms with Crippen molar-refractivity contribution in [2.75, 3.05) is 4.90 Å². The molecule has 0 aliphatic carbocycles. The summed E-state index contributed by atoms with van der Waals surface area (Å²) in [6.07, 6.45) is 1.58. The number of benzene rings is 2. The zero-order chi connectivity index (χ0) is 18.1. The molecule has 0 spiro atoms. The van der Waals surface area contributed by atoms with Crippen LogP contribution in [0.1, 0.15) is 16.1 Å². The number of furan rings is 1. The van der Waals surface area contributed by atoms with Crippen LogP contribution in [-0.2, 0) is 6.54 Å². The van der Waals surface area contributed by atoms with Gasteiger partial charge in [-0.05, 0) is 42.5 Å². The van der Waals surface area contributed by atoms with E-state index in [1.54, 1.807) is 35.4 Å². The number of hydrogen-bond acceptors (Lipinski definition) is 4. The van der Waals surface area contributed by atoms with Crippen LogP contribution in [0.15, 0.2) is 65.3 Å². The van der Waals surface area contributed by atoms with E-state index in [4.69, 9.17) is 27.6 Å². The molecule has 130 valence electrons. The maximum Gasteiger partial charge on any atom is 0.262 e. The van der Waals surface area contributed by atoms with Gasteiger partial charge in [-0.15, -0.1) is 0 Å². The van der Waals surface area contributed by atoms with Gasteiger partial charge < -0.3 is 4.42 Å². The van der Waals surface area contributed by atoms with E-state index in [-0.39, 0.29) is 12.5 Å². The summed E-state index contributed by atoms with van der Waals surface area (Å²) >= 11 is 13.6. The molecule has 2 aromatic carbocycles. The van der Waals surface area contributed by atoms with Gasteiger partial charge in [0, 0.05) is 5.02 Å². The summed E-state index contributed by atoms with van der Waals surface area (Å²) < 4.78 is 6.43. The third-order valence-electron chi connectivity index (χ3n) is 3.81. The molecule has 7 heteroatoms. The number of carbonyl (C=O) groups excluding carboxylic acids is 1. The number of halogens is 2. The van der Waals surface area contributed by atoms with E-state index < -0.39 is 0 Å². The summed E-state index contributed by atoms with van der Waals surface area (Å²) in [7, 11) is 0. The van der Waals surface area contributed by atoms with E-state index in [0.717, 1.165) is 10.2 Å². The van der Waals surface area contributed by atoms with Crippen molar-refractivity contribution < 1.29 is 9.21 Å². The van der Waals surface area contributed by atoms with Crippen molar-refractivity contribution in [2.24, 2.45) is 0 Å². The first-order valence-corrected chi connectivity index (χ1v) is 9.34. The molecule has 26 heavy (non-hydrogen) atoms. The first-order chi connectivity index (χ1) is 12.6. The van der Waals surface area contributed by atoms with Crippen molar-refractivity contribution in [1.82, 2.24) is 4.98 Å². The number of fused-ring (bicyclic) bond motifs is 1. The van der Waals surface area contributed by atoms with Crippen LogP contribution in [0.5, 0.6) is 0 Å². The lowest BCUT2D eigenvalue weighted by Crippen LogP contribution is -2.30. The first-order valence-electron chi connectivity index (χ1n) is 7.77. The second-order valence-electron chi connectivity index (χ2n) is 5.56. The Hall–Kier alpha value is -2.34. The molecule has 0 saturated heterocycles. The highest BCUT2D eigenvalue weighted by Gasteiger charge is 2.24. The van der Waals surface area contributed by atoms with Gasteiger partial charge in [-0.25, -0.2) is 4.98 Å². The topological polar surface area (TPSA) is 46.3 Å². The third-order valence-corrected chi connectivity index (χ3v) is 5.42. The standard InChI is InChI=1S/C19H12Cl2N2O2S/c20-12-7-8-14(15(21)10-12)18(24)23(11-13-4-3-9-25-13)19-22-16-5-1-2-6-17(16)26-19/h1-10H,11H2. The highest BCUT2D eigenvalue weighted by atomic mass is 35.5. The summed E-state index contributed by atoms with van der Waals surface area (Å²) in [5, 5.41) is 1.36. The zero-order valence-corrected chi connectivity index (χ0v) is 15.7. The van der Waals surface area contributed by atoms with E-state index in [2.05, 4.69) is 4.98 Å². The van der Waals surface area contributed by atoms with Crippen LogP contribution in [0.25, 0.3) is 10.2 Å². The molecule has 4 rings (SSSR count). The fraction of sp³-hybridized carbons (Fsp3) is 0.0526. The number of rotatable bonds is 4. The second kappa shape index (κ2) is 7.11. The largest absolute Gasteiger partial charge is 0.467 e. The van der Waals surface area contributed by atoms with Crippen LogP contribution in [0, 0.1) is 0 Å². The van der Waals surface area contributed by atoms with Crippen LogP contribution >= 0.6 is 34.5 Å². The highest BCUT2D eigenvalue weighted by Crippen LogP contribution is 2.32. The number of anilines is 1. The Kier molecular flexibility index (Phi) is 4.68. The monoisotopic (exact) mass is 402 g/mol. The summed E-state index contributed by atoms with van der Waals surface area (Å²) in [4.78, 5) is 19.4. The lowest BCUT2D eigenvalue weighted by atomic mass is 10.2. The number of nitrogens with zero attached hydrogens (tertiary/aromatic N) is 2. The average molecular weight is 403 g/mol. The highest BCUT2D eigenvalue weighted by molar-refractivity contribution is 7.22. The number of para-hydroxylation sites is 1. The molecule has 0 atom stereocenters. The van der Waals surface area contributed by atoms with Crippen molar-refractivity contribution in [3.63, 3.8) is 0 Å². The molecule has 4 nitrogen and oxygen atoms in total. The Morgan fingerprint density at radius 1 is 1.12 bits per heavy atom. The second-order valence-corrected chi connectivity index (χ2v) is 7.41. The summed E-state index contributed by atoms with van der Waals surface area (Å²) in [5.41, 5.74) is 1.20. The number of thiazole rings is 1. The van der Waals surface area contributed by atoms with E-state index in [0.29, 0.717) is 26.5 Å². The van der Waals surface area contributed by atoms with Gasteiger partial charge in [-0.2, -0.15) is 0 Å². The van der Waals surface area contributed by atoms with Crippen molar-refractivity contribution in [2.45, 2.75) is 6.54 Å². The quantitative estimate of drug-likeness (QED) is 0.417. The van der Waals surface area contributed by atoms with Crippen LogP contribution < -0.4 is 4.90 Å². The molecule has 0 bridgehead atoms. The normalized spacial score (nSPS) is 11.0. The third kappa shape index (κ3) is 3.33. The maximum atomic E-state index is 13.2. The number of carbonyl (C=O) groups is 1. The van der Waals surface area contributed by atoms with Gasteiger partial charge in [0.05, 0.1) is 33.6 Å². The van der Waals surface area contributed by atoms with Crippen molar-refractivity contribution in [3.05, 3.63) is 82.2 Å². The van der Waals surface area contributed by atoms with Gasteiger partial charge >= 0.3 is 0 Å². The van der Waals surface area contributed by atoms with Crippen molar-refractivity contribution in [3.8, 4) is 0 Å². The van der Waals surface area contributed by atoms with Gasteiger partial charge in [0.15, 0.2) is 5.13 Å². The van der Waals surface area contributed by atoms with Crippen molar-refractivity contribution in [1.29, 1.82) is 0 Å². The SMILES string of the molecule is O=C(c1ccc(Cl)cc1Cl)N(Cc1ccco1)c1nc2ccccc2s1. The molecule has 0 fully saturated rings. The van der Waals surface area contributed by atoms with E-state index in [1.165, 1.54) is 11.3 Å². The molecule has 0 N–H and O–H groups in total. The lowest BCUT2D eigenvalue weighted by molar-refractivity contribution is 0.0983. The molecule has 1 amide bonds. The minimum absolute atomic E-state index is 0.255. The minimum Gasteiger partial charge on any atom is -0.467 e. The van der Waals surface area contributed by atoms with Gasteiger partial charge in [0.1, 0.15) is 5.76 Å². The zero-order valence-electron chi connectivity index (χ0n) is 13.4. The first kappa shape index (κ1) is 17.1. The maximum absolute atomic E-state index is 13.2.